The third kappa shape index (κ3) is 1.87. The number of para-hydroxylation sites is 1. The van der Waals surface area contributed by atoms with Gasteiger partial charge < -0.3 is 14.6 Å². The van der Waals surface area contributed by atoms with E-state index in [0.717, 1.165) is 0 Å². The predicted molar refractivity (Wildman–Crippen MR) is 67.7 cm³/mol. The Labute approximate surface area is 111 Å². The first-order valence-electron chi connectivity index (χ1n) is 5.80. The van der Waals surface area contributed by atoms with Gasteiger partial charge in [0.15, 0.2) is 5.82 Å². The van der Waals surface area contributed by atoms with E-state index in [9.17, 15) is 9.59 Å². The standard InChI is InChI=1S/C12H10N4O4/c1-6-13-9(20-15-6)5-16-8-4-2-3-7(11(17)18)10(8)14-12(16)19/h2-4H,5H2,1H3,(H,14,19)(H,17,18). The lowest BCUT2D eigenvalue weighted by Gasteiger charge is -2.00. The second kappa shape index (κ2) is 4.34. The van der Waals surface area contributed by atoms with Gasteiger partial charge in [0.2, 0.25) is 5.89 Å². The highest BCUT2D eigenvalue weighted by Gasteiger charge is 2.15. The predicted octanol–water partition coefficient (Wildman–Crippen LogP) is 0.768. The van der Waals surface area contributed by atoms with Gasteiger partial charge in [-0.05, 0) is 19.1 Å². The topological polar surface area (TPSA) is 114 Å². The Kier molecular flexibility index (Phi) is 2.63. The lowest BCUT2D eigenvalue weighted by molar-refractivity contribution is 0.0699. The summed E-state index contributed by atoms with van der Waals surface area (Å²) in [4.78, 5) is 29.6. The number of aromatic amines is 1. The molecule has 0 spiro atoms. The molecule has 8 heteroatoms. The molecule has 0 aliphatic heterocycles. The Morgan fingerprint density at radius 2 is 2.30 bits per heavy atom. The zero-order chi connectivity index (χ0) is 14.3. The van der Waals surface area contributed by atoms with E-state index in [4.69, 9.17) is 9.63 Å². The van der Waals surface area contributed by atoms with Crippen molar-refractivity contribution in [2.24, 2.45) is 0 Å². The van der Waals surface area contributed by atoms with Gasteiger partial charge in [-0.3, -0.25) is 4.57 Å². The van der Waals surface area contributed by atoms with Gasteiger partial charge in [-0.2, -0.15) is 4.98 Å². The van der Waals surface area contributed by atoms with E-state index in [0.29, 0.717) is 11.3 Å². The maximum atomic E-state index is 11.9. The van der Waals surface area contributed by atoms with Crippen molar-refractivity contribution in [3.63, 3.8) is 0 Å². The normalized spacial score (nSPS) is 11.1. The molecule has 8 nitrogen and oxygen atoms in total. The van der Waals surface area contributed by atoms with Gasteiger partial charge in [-0.25, -0.2) is 9.59 Å². The van der Waals surface area contributed by atoms with Crippen LogP contribution in [0.1, 0.15) is 22.1 Å². The SMILES string of the molecule is Cc1noc(Cn2c(=O)[nH]c3c(C(=O)O)cccc32)n1. The monoisotopic (exact) mass is 274 g/mol. The minimum absolute atomic E-state index is 0.0417. The number of aromatic carboxylic acids is 1. The number of carboxylic acids is 1. The quantitative estimate of drug-likeness (QED) is 0.729. The molecule has 3 rings (SSSR count). The molecule has 0 radical (unpaired) electrons. The van der Waals surface area contributed by atoms with Crippen LogP contribution in [-0.2, 0) is 6.54 Å². The lowest BCUT2D eigenvalue weighted by Crippen LogP contribution is -2.17. The van der Waals surface area contributed by atoms with Crippen LogP contribution in [-0.4, -0.2) is 30.8 Å². The highest BCUT2D eigenvalue weighted by Crippen LogP contribution is 2.16. The van der Waals surface area contributed by atoms with Crippen LogP contribution < -0.4 is 5.69 Å². The first-order valence-corrected chi connectivity index (χ1v) is 5.80. The van der Waals surface area contributed by atoms with Gasteiger partial charge in [-0.15, -0.1) is 0 Å². The second-order valence-corrected chi connectivity index (χ2v) is 4.26. The molecule has 102 valence electrons. The number of nitrogens with one attached hydrogen (secondary N) is 1. The van der Waals surface area contributed by atoms with Crippen molar-refractivity contribution in [3.8, 4) is 0 Å². The highest BCUT2D eigenvalue weighted by molar-refractivity contribution is 6.00. The zero-order valence-electron chi connectivity index (χ0n) is 10.5. The van der Waals surface area contributed by atoms with E-state index in [-0.39, 0.29) is 23.5 Å². The van der Waals surface area contributed by atoms with Crippen LogP contribution in [0.5, 0.6) is 0 Å². The minimum Gasteiger partial charge on any atom is -0.478 e. The van der Waals surface area contributed by atoms with Gasteiger partial charge >= 0.3 is 11.7 Å². The fraction of sp³-hybridized carbons (Fsp3) is 0.167. The number of imidazole rings is 1. The zero-order valence-corrected chi connectivity index (χ0v) is 10.5. The summed E-state index contributed by atoms with van der Waals surface area (Å²) < 4.78 is 6.32. The van der Waals surface area contributed by atoms with Crippen LogP contribution in [0.4, 0.5) is 0 Å². The van der Waals surface area contributed by atoms with E-state index >= 15 is 0 Å². The highest BCUT2D eigenvalue weighted by atomic mass is 16.5. The number of hydrogen-bond donors (Lipinski definition) is 2. The fourth-order valence-corrected chi connectivity index (χ4v) is 2.05. The molecule has 20 heavy (non-hydrogen) atoms. The Bertz CT molecular complexity index is 858. The average molecular weight is 274 g/mol. The summed E-state index contributed by atoms with van der Waals surface area (Å²) in [5.41, 5.74) is 0.372. The van der Waals surface area contributed by atoms with Crippen molar-refractivity contribution in [1.82, 2.24) is 19.7 Å². The third-order valence-electron chi connectivity index (χ3n) is 2.90. The summed E-state index contributed by atoms with van der Waals surface area (Å²) in [6, 6.07) is 4.67. The van der Waals surface area contributed by atoms with Gasteiger partial charge in [-0.1, -0.05) is 11.2 Å². The lowest BCUT2D eigenvalue weighted by atomic mass is 10.2. The average Bonchev–Trinajstić information content (AvgIpc) is 2.94. The Hall–Kier alpha value is -2.90. The molecule has 0 fully saturated rings. The molecule has 2 heterocycles. The molecule has 0 unspecified atom stereocenters. The van der Waals surface area contributed by atoms with Crippen LogP contribution in [0.3, 0.4) is 0 Å². The molecule has 0 aliphatic rings. The third-order valence-corrected chi connectivity index (χ3v) is 2.90. The van der Waals surface area contributed by atoms with E-state index in [1.54, 1.807) is 19.1 Å². The molecule has 3 aromatic rings. The Balaban J connectivity index is 2.16. The molecule has 0 atom stereocenters. The summed E-state index contributed by atoms with van der Waals surface area (Å²) in [5, 5.41) is 12.8. The van der Waals surface area contributed by atoms with Crippen LogP contribution in [0.25, 0.3) is 11.0 Å². The molecule has 2 N–H and O–H groups in total. The smallest absolute Gasteiger partial charge is 0.337 e. The largest absolute Gasteiger partial charge is 0.478 e. The van der Waals surface area contributed by atoms with Crippen LogP contribution in [0.15, 0.2) is 27.5 Å². The van der Waals surface area contributed by atoms with Crippen molar-refractivity contribution in [2.75, 3.05) is 0 Å². The first kappa shape index (κ1) is 12.2. The number of benzene rings is 1. The summed E-state index contributed by atoms with van der Waals surface area (Å²) in [6.45, 7) is 1.76. The van der Waals surface area contributed by atoms with E-state index in [2.05, 4.69) is 15.1 Å². The van der Waals surface area contributed by atoms with Crippen molar-refractivity contribution >= 4 is 17.0 Å². The maximum absolute atomic E-state index is 11.9. The molecule has 0 aliphatic carbocycles. The van der Waals surface area contributed by atoms with E-state index in [1.165, 1.54) is 10.6 Å². The molecule has 0 bridgehead atoms. The van der Waals surface area contributed by atoms with Crippen molar-refractivity contribution in [1.29, 1.82) is 0 Å². The fourth-order valence-electron chi connectivity index (χ4n) is 2.05. The van der Waals surface area contributed by atoms with Gasteiger partial charge in [0.25, 0.3) is 0 Å². The number of hydrogen-bond acceptors (Lipinski definition) is 5. The number of carboxylic acid groups (broad SMARTS) is 1. The Morgan fingerprint density at radius 3 is 2.95 bits per heavy atom. The number of H-pyrrole nitrogens is 1. The molecule has 2 aromatic heterocycles. The van der Waals surface area contributed by atoms with Gasteiger partial charge in [0.1, 0.15) is 6.54 Å². The molecule has 1 aromatic carbocycles. The summed E-state index contributed by atoms with van der Waals surface area (Å²) in [5.74, 6) is -0.344. The number of aryl methyl sites for hydroxylation is 1. The van der Waals surface area contributed by atoms with Crippen molar-refractivity contribution < 1.29 is 14.4 Å². The molecule has 0 amide bonds. The number of carbonyl (C=O) groups is 1. The summed E-state index contributed by atoms with van der Waals surface area (Å²) in [7, 11) is 0. The van der Waals surface area contributed by atoms with E-state index in [1.807, 2.05) is 0 Å². The number of aromatic nitrogens is 4. The van der Waals surface area contributed by atoms with E-state index < -0.39 is 11.7 Å². The van der Waals surface area contributed by atoms with Crippen LogP contribution in [0.2, 0.25) is 0 Å². The second-order valence-electron chi connectivity index (χ2n) is 4.26. The van der Waals surface area contributed by atoms with Crippen molar-refractivity contribution in [3.05, 3.63) is 46.0 Å². The number of nitrogens with zero attached hydrogens (tertiary/aromatic N) is 3. The van der Waals surface area contributed by atoms with Crippen LogP contribution >= 0.6 is 0 Å². The minimum atomic E-state index is -1.10. The number of rotatable bonds is 3. The van der Waals surface area contributed by atoms with Gasteiger partial charge in [0.05, 0.1) is 16.6 Å². The molecular formula is C12H10N4O4. The molecular weight excluding hydrogens is 264 g/mol. The number of fused-ring (bicyclic) bond motifs is 1. The van der Waals surface area contributed by atoms with Crippen molar-refractivity contribution in [2.45, 2.75) is 13.5 Å². The summed E-state index contributed by atoms with van der Waals surface area (Å²) >= 11 is 0. The molecule has 0 saturated heterocycles. The maximum Gasteiger partial charge on any atom is 0.337 e. The summed E-state index contributed by atoms with van der Waals surface area (Å²) in [6.07, 6.45) is 0. The van der Waals surface area contributed by atoms with Crippen LogP contribution in [0, 0.1) is 6.92 Å². The first-order chi connectivity index (χ1) is 9.56. The Morgan fingerprint density at radius 1 is 1.50 bits per heavy atom. The molecule has 0 saturated carbocycles. The van der Waals surface area contributed by atoms with Gasteiger partial charge in [0, 0.05) is 0 Å².